The molecule has 7 nitrogen and oxygen atoms in total. The first-order valence-electron chi connectivity index (χ1n) is 6.46. The Balaban J connectivity index is 3.76. The molecule has 0 saturated heterocycles. The highest BCUT2D eigenvalue weighted by atomic mass is 16.6. The Morgan fingerprint density at radius 3 is 1.95 bits per heavy atom. The van der Waals surface area contributed by atoms with Crippen molar-refractivity contribution in [2.24, 2.45) is 0 Å². The van der Waals surface area contributed by atoms with E-state index in [4.69, 9.17) is 9.47 Å². The van der Waals surface area contributed by atoms with E-state index in [0.717, 1.165) is 26.2 Å². The molecule has 0 aromatic rings. The van der Waals surface area contributed by atoms with Gasteiger partial charge in [0.2, 0.25) is 0 Å². The number of hydrogen-bond donors (Lipinski definition) is 2. The maximum absolute atomic E-state index is 10.8. The predicted molar refractivity (Wildman–Crippen MR) is 71.4 cm³/mol. The van der Waals surface area contributed by atoms with Crippen LogP contribution in [0.4, 0.5) is 0 Å². The number of hydrogen-bond acceptors (Lipinski definition) is 7. The molecule has 0 aliphatic heterocycles. The predicted octanol–water partition coefficient (Wildman–Crippen LogP) is -0.471. The molecular weight excluding hydrogens is 250 g/mol. The van der Waals surface area contributed by atoms with Crippen LogP contribution in [-0.4, -0.2) is 63.0 Å². The van der Waals surface area contributed by atoms with Crippen molar-refractivity contribution in [3.8, 4) is 0 Å². The highest BCUT2D eigenvalue weighted by Crippen LogP contribution is 1.91. The molecule has 0 saturated carbocycles. The first kappa shape index (κ1) is 17.8. The third-order valence-electron chi connectivity index (χ3n) is 2.23. The molecule has 0 fully saturated rings. The van der Waals surface area contributed by atoms with Gasteiger partial charge in [-0.15, -0.1) is 0 Å². The lowest BCUT2D eigenvalue weighted by Gasteiger charge is -2.21. The van der Waals surface area contributed by atoms with Crippen molar-refractivity contribution in [2.45, 2.75) is 20.8 Å². The topological polar surface area (TPSA) is 79.9 Å². The molecule has 112 valence electrons. The lowest BCUT2D eigenvalue weighted by Crippen LogP contribution is -2.38. The molecule has 0 atom stereocenters. The third-order valence-corrected chi connectivity index (χ3v) is 2.23. The number of esters is 2. The average Bonchev–Trinajstić information content (AvgIpc) is 2.35. The molecule has 2 N–H and O–H groups in total. The monoisotopic (exact) mass is 275 g/mol. The van der Waals surface area contributed by atoms with Crippen LogP contribution in [0.1, 0.15) is 20.8 Å². The molecule has 0 radical (unpaired) electrons. The second kappa shape index (κ2) is 11.9. The van der Waals surface area contributed by atoms with Crippen LogP contribution in [-0.2, 0) is 19.1 Å². The van der Waals surface area contributed by atoms with Gasteiger partial charge in [-0.3, -0.25) is 9.59 Å². The number of carbonyl (C=O) groups excluding carboxylic acids is 2. The fourth-order valence-electron chi connectivity index (χ4n) is 1.25. The number of likely N-dealkylation sites (N-methyl/N-ethyl adjacent to an activating group) is 1. The van der Waals surface area contributed by atoms with Gasteiger partial charge in [0.1, 0.15) is 13.5 Å². The van der Waals surface area contributed by atoms with E-state index in [-0.39, 0.29) is 25.4 Å². The van der Waals surface area contributed by atoms with E-state index in [1.54, 1.807) is 4.90 Å². The third kappa shape index (κ3) is 13.1. The van der Waals surface area contributed by atoms with E-state index < -0.39 is 0 Å². The molecular formula is C12H25N3O4. The van der Waals surface area contributed by atoms with Gasteiger partial charge >= 0.3 is 11.9 Å². The minimum atomic E-state index is -0.354. The molecule has 0 aliphatic rings. The molecule has 0 aromatic heterocycles. The van der Waals surface area contributed by atoms with E-state index in [0.29, 0.717) is 6.54 Å². The molecule has 0 heterocycles. The lowest BCUT2D eigenvalue weighted by molar-refractivity contribution is -0.154. The Bertz CT molecular complexity index is 243. The molecule has 0 unspecified atom stereocenters. The fourth-order valence-corrected chi connectivity index (χ4v) is 1.25. The van der Waals surface area contributed by atoms with Crippen molar-refractivity contribution in [3.05, 3.63) is 0 Å². The van der Waals surface area contributed by atoms with Gasteiger partial charge in [-0.2, -0.15) is 0 Å². The molecule has 0 bridgehead atoms. The van der Waals surface area contributed by atoms with Crippen LogP contribution in [0, 0.1) is 0 Å². The minimum Gasteiger partial charge on any atom is -0.450 e. The zero-order valence-electron chi connectivity index (χ0n) is 12.0. The summed E-state index contributed by atoms with van der Waals surface area (Å²) in [6.45, 7) is 9.08. The highest BCUT2D eigenvalue weighted by Gasteiger charge is 2.07. The van der Waals surface area contributed by atoms with Crippen molar-refractivity contribution >= 4 is 11.9 Å². The maximum atomic E-state index is 10.8. The first-order chi connectivity index (χ1) is 9.06. The summed E-state index contributed by atoms with van der Waals surface area (Å²) < 4.78 is 9.77. The number of nitrogens with zero attached hydrogens (tertiary/aromatic N) is 1. The molecule has 0 spiro atoms. The maximum Gasteiger partial charge on any atom is 0.303 e. The Kier molecular flexibility index (Phi) is 11.1. The van der Waals surface area contributed by atoms with E-state index in [1.807, 2.05) is 0 Å². The van der Waals surface area contributed by atoms with E-state index in [2.05, 4.69) is 17.6 Å². The lowest BCUT2D eigenvalue weighted by atomic mass is 10.5. The Hall–Kier alpha value is -1.18. The normalized spacial score (nSPS) is 10.5. The second-order valence-electron chi connectivity index (χ2n) is 4.03. The molecule has 7 heteroatoms. The zero-order chi connectivity index (χ0) is 14.5. The van der Waals surface area contributed by atoms with E-state index >= 15 is 0 Å². The van der Waals surface area contributed by atoms with Gasteiger partial charge in [-0.25, -0.2) is 4.90 Å². The van der Waals surface area contributed by atoms with Crippen molar-refractivity contribution in [1.82, 2.24) is 15.5 Å². The van der Waals surface area contributed by atoms with Crippen LogP contribution < -0.4 is 10.6 Å². The Morgan fingerprint density at radius 1 is 0.947 bits per heavy atom. The second-order valence-corrected chi connectivity index (χ2v) is 4.03. The molecule has 19 heavy (non-hydrogen) atoms. The minimum absolute atomic E-state index is 0.123. The van der Waals surface area contributed by atoms with Crippen molar-refractivity contribution in [1.29, 1.82) is 0 Å². The number of rotatable bonds is 11. The number of ether oxygens (including phenoxy) is 2. The number of carbonyl (C=O) groups is 2. The van der Waals surface area contributed by atoms with E-state index in [9.17, 15) is 9.59 Å². The zero-order valence-corrected chi connectivity index (χ0v) is 12.0. The summed E-state index contributed by atoms with van der Waals surface area (Å²) in [5.41, 5.74) is 0. The van der Waals surface area contributed by atoms with Crippen LogP contribution in [0.25, 0.3) is 0 Å². The fraction of sp³-hybridized carbons (Fsp3) is 0.833. The van der Waals surface area contributed by atoms with Crippen LogP contribution in [0.3, 0.4) is 0 Å². The first-order valence-corrected chi connectivity index (χ1v) is 6.46. The van der Waals surface area contributed by atoms with Crippen molar-refractivity contribution in [3.63, 3.8) is 0 Å². The Labute approximate surface area is 114 Å². The summed E-state index contributed by atoms with van der Waals surface area (Å²) in [5.74, 6) is -0.708. The largest absolute Gasteiger partial charge is 0.450 e. The standard InChI is InChI=1S/C12H25N3O4/c1-4-13-5-6-14-7-8-15(9-18-11(2)16)10-19-12(3)17/h13-14H,4-10H2,1-3H3. The van der Waals surface area contributed by atoms with Gasteiger partial charge in [-0.05, 0) is 6.54 Å². The summed E-state index contributed by atoms with van der Waals surface area (Å²) in [4.78, 5) is 23.2. The number of nitrogens with one attached hydrogen (secondary N) is 2. The van der Waals surface area contributed by atoms with Crippen molar-refractivity contribution < 1.29 is 19.1 Å². The van der Waals surface area contributed by atoms with Gasteiger partial charge in [0.25, 0.3) is 0 Å². The van der Waals surface area contributed by atoms with Crippen LogP contribution in [0.5, 0.6) is 0 Å². The summed E-state index contributed by atoms with van der Waals surface area (Å²) in [7, 11) is 0. The average molecular weight is 275 g/mol. The van der Waals surface area contributed by atoms with Crippen molar-refractivity contribution in [2.75, 3.05) is 46.2 Å². The molecule has 0 amide bonds. The van der Waals surface area contributed by atoms with Gasteiger partial charge < -0.3 is 20.1 Å². The van der Waals surface area contributed by atoms with Crippen LogP contribution in [0.15, 0.2) is 0 Å². The SMILES string of the molecule is CCNCCNCCN(COC(C)=O)COC(C)=O. The summed E-state index contributed by atoms with van der Waals surface area (Å²) >= 11 is 0. The quantitative estimate of drug-likeness (QED) is 0.300. The van der Waals surface area contributed by atoms with Gasteiger partial charge in [0, 0.05) is 40.0 Å². The van der Waals surface area contributed by atoms with Gasteiger partial charge in [0.05, 0.1) is 0 Å². The highest BCUT2D eigenvalue weighted by molar-refractivity contribution is 5.66. The van der Waals surface area contributed by atoms with Crippen LogP contribution in [0.2, 0.25) is 0 Å². The van der Waals surface area contributed by atoms with E-state index in [1.165, 1.54) is 13.8 Å². The molecule has 0 rings (SSSR count). The summed E-state index contributed by atoms with van der Waals surface area (Å²) in [5, 5.41) is 6.44. The van der Waals surface area contributed by atoms with Crippen LogP contribution >= 0.6 is 0 Å². The summed E-state index contributed by atoms with van der Waals surface area (Å²) in [6, 6.07) is 0. The Morgan fingerprint density at radius 2 is 1.47 bits per heavy atom. The summed E-state index contributed by atoms with van der Waals surface area (Å²) in [6.07, 6.45) is 0. The van der Waals surface area contributed by atoms with Gasteiger partial charge in [0.15, 0.2) is 0 Å². The van der Waals surface area contributed by atoms with Gasteiger partial charge in [-0.1, -0.05) is 6.92 Å². The molecule has 0 aliphatic carbocycles. The smallest absolute Gasteiger partial charge is 0.303 e. The molecule has 0 aromatic carbocycles.